The van der Waals surface area contributed by atoms with Crippen LogP contribution >= 0.6 is 23.8 Å². The first-order valence-corrected chi connectivity index (χ1v) is 11.6. The molecule has 6 nitrogen and oxygen atoms in total. The summed E-state index contributed by atoms with van der Waals surface area (Å²) in [4.78, 5) is 6.53. The predicted octanol–water partition coefficient (Wildman–Crippen LogP) is 5.73. The van der Waals surface area contributed by atoms with Gasteiger partial charge in [0.25, 0.3) is 0 Å². The molecule has 1 aliphatic rings. The monoisotopic (exact) mass is 490 g/mol. The number of hydrogen-bond donors (Lipinski definition) is 2. The average Bonchev–Trinajstić information content (AvgIpc) is 3.40. The number of ether oxygens (including phenoxy) is 1. The van der Waals surface area contributed by atoms with E-state index in [-0.39, 0.29) is 17.8 Å². The lowest BCUT2D eigenvalue weighted by Crippen LogP contribution is -2.30. The number of nitrogens with zero attached hydrogens (tertiary/aromatic N) is 3. The van der Waals surface area contributed by atoms with Crippen LogP contribution in [0.15, 0.2) is 79.0 Å². The van der Waals surface area contributed by atoms with E-state index in [0.29, 0.717) is 15.8 Å². The first-order chi connectivity index (χ1) is 16.5. The molecule has 8 heteroatoms. The van der Waals surface area contributed by atoms with Gasteiger partial charge in [0.1, 0.15) is 17.5 Å². The van der Waals surface area contributed by atoms with Crippen LogP contribution in [0.5, 0.6) is 11.5 Å². The van der Waals surface area contributed by atoms with Crippen molar-refractivity contribution in [3.63, 3.8) is 0 Å². The number of nitrogens with one attached hydrogen (secondary N) is 1. The van der Waals surface area contributed by atoms with Crippen molar-refractivity contribution in [3.8, 4) is 17.2 Å². The molecule has 2 aromatic heterocycles. The second-order valence-corrected chi connectivity index (χ2v) is 8.89. The number of aromatic nitrogens is 2. The molecular weight excluding hydrogens is 468 g/mol. The van der Waals surface area contributed by atoms with Crippen LogP contribution in [0.4, 0.5) is 5.69 Å². The second-order valence-electron chi connectivity index (χ2n) is 8.06. The Hall–Kier alpha value is -3.55. The maximum absolute atomic E-state index is 10.8. The fourth-order valence-electron chi connectivity index (χ4n) is 4.48. The molecule has 0 radical (unpaired) electrons. The van der Waals surface area contributed by atoms with Crippen LogP contribution < -0.4 is 15.0 Å². The summed E-state index contributed by atoms with van der Waals surface area (Å²) >= 11 is 12.1. The van der Waals surface area contributed by atoms with E-state index >= 15 is 0 Å². The molecule has 2 N–H and O–H groups in total. The lowest BCUT2D eigenvalue weighted by atomic mass is 10.0. The van der Waals surface area contributed by atoms with E-state index in [9.17, 15) is 5.11 Å². The largest absolute Gasteiger partial charge is 0.506 e. The smallest absolute Gasteiger partial charge is 0.174 e. The number of phenols is 1. The number of halogens is 1. The number of methoxy groups -OCH3 is 1. The van der Waals surface area contributed by atoms with Gasteiger partial charge in [0.2, 0.25) is 0 Å². The molecule has 2 aromatic carbocycles. The van der Waals surface area contributed by atoms with Gasteiger partial charge >= 0.3 is 0 Å². The third-order valence-corrected chi connectivity index (χ3v) is 6.58. The number of anilines is 1. The molecule has 0 unspecified atom stereocenters. The van der Waals surface area contributed by atoms with Gasteiger partial charge in [-0.05, 0) is 85.9 Å². The number of pyridine rings is 1. The summed E-state index contributed by atoms with van der Waals surface area (Å²) in [5, 5.41) is 15.2. The van der Waals surface area contributed by atoms with Crippen LogP contribution in [0.25, 0.3) is 5.69 Å². The molecule has 1 fully saturated rings. The van der Waals surface area contributed by atoms with Crippen molar-refractivity contribution in [1.82, 2.24) is 14.9 Å². The van der Waals surface area contributed by atoms with Crippen molar-refractivity contribution < 1.29 is 9.84 Å². The molecule has 2 atom stereocenters. The molecule has 0 aliphatic carbocycles. The number of phenolic OH excluding ortho intramolecular Hbond substituents is 1. The molecule has 34 heavy (non-hydrogen) atoms. The zero-order valence-electron chi connectivity index (χ0n) is 18.6. The number of aromatic hydroxyl groups is 1. The molecule has 5 rings (SSSR count). The minimum Gasteiger partial charge on any atom is -0.506 e. The number of benzene rings is 2. The summed E-state index contributed by atoms with van der Waals surface area (Å²) < 4.78 is 7.53. The highest BCUT2D eigenvalue weighted by molar-refractivity contribution is 7.80. The van der Waals surface area contributed by atoms with Crippen LogP contribution in [0, 0.1) is 6.92 Å². The number of thiocarbonyl (C=S) groups is 1. The van der Waals surface area contributed by atoms with Crippen LogP contribution in [0.1, 0.15) is 29.2 Å². The molecule has 0 amide bonds. The fourth-order valence-corrected chi connectivity index (χ4v) is 4.98. The predicted molar refractivity (Wildman–Crippen MR) is 138 cm³/mol. The topological polar surface area (TPSA) is 62.5 Å². The third-order valence-electron chi connectivity index (χ3n) is 6.03. The Balaban J connectivity index is 1.71. The molecule has 3 heterocycles. The summed E-state index contributed by atoms with van der Waals surface area (Å²) in [6.07, 6.45) is 1.77. The minimum atomic E-state index is -0.303. The zero-order chi connectivity index (χ0) is 23.8. The van der Waals surface area contributed by atoms with Crippen molar-refractivity contribution in [2.75, 3.05) is 12.0 Å². The summed E-state index contributed by atoms with van der Waals surface area (Å²) in [7, 11) is 1.65. The van der Waals surface area contributed by atoms with E-state index in [4.69, 9.17) is 28.6 Å². The van der Waals surface area contributed by atoms with Gasteiger partial charge in [0.15, 0.2) is 5.11 Å². The molecule has 1 aliphatic heterocycles. The third kappa shape index (κ3) is 3.87. The van der Waals surface area contributed by atoms with Crippen LogP contribution in [0.2, 0.25) is 5.02 Å². The quantitative estimate of drug-likeness (QED) is 0.348. The van der Waals surface area contributed by atoms with Gasteiger partial charge < -0.3 is 24.6 Å². The van der Waals surface area contributed by atoms with Gasteiger partial charge in [-0.2, -0.15) is 0 Å². The molecular formula is C26H23ClN4O2S. The van der Waals surface area contributed by atoms with E-state index in [0.717, 1.165) is 28.5 Å². The maximum atomic E-state index is 10.8. The van der Waals surface area contributed by atoms with E-state index in [2.05, 4.69) is 33.9 Å². The number of hydrogen-bond acceptors (Lipinski definition) is 4. The highest BCUT2D eigenvalue weighted by atomic mass is 35.5. The average molecular weight is 491 g/mol. The zero-order valence-corrected chi connectivity index (χ0v) is 20.2. The van der Waals surface area contributed by atoms with Crippen LogP contribution in [-0.4, -0.2) is 26.9 Å². The van der Waals surface area contributed by atoms with E-state index < -0.39 is 0 Å². The summed E-state index contributed by atoms with van der Waals surface area (Å²) in [5.74, 6) is 0.884. The number of aryl methyl sites for hydroxylation is 1. The molecule has 0 bridgehead atoms. The summed E-state index contributed by atoms with van der Waals surface area (Å²) in [6, 6.07) is 22.3. The Bertz CT molecular complexity index is 1340. The summed E-state index contributed by atoms with van der Waals surface area (Å²) in [5.41, 5.74) is 4.43. The maximum Gasteiger partial charge on any atom is 0.174 e. The Morgan fingerprint density at radius 1 is 1.06 bits per heavy atom. The Morgan fingerprint density at radius 2 is 1.85 bits per heavy atom. The van der Waals surface area contributed by atoms with Gasteiger partial charge in [-0.15, -0.1) is 0 Å². The van der Waals surface area contributed by atoms with Crippen molar-refractivity contribution in [2.24, 2.45) is 0 Å². The highest BCUT2D eigenvalue weighted by Gasteiger charge is 2.43. The number of rotatable bonds is 5. The van der Waals surface area contributed by atoms with E-state index in [1.807, 2.05) is 47.4 Å². The standard InChI is InChI=1S/C26H23ClN4O2S/c1-16-6-12-21(30(16)18-8-10-19(33-2)11-9-18)25-24(20-5-3-4-14-28-20)29-26(34)31(25)22-15-17(27)7-13-23(22)32/h3-15,24-25,32H,1-2H3,(H,29,34)/t24-,25-/m0/s1. The molecule has 172 valence electrons. The molecule has 0 saturated carbocycles. The lowest BCUT2D eigenvalue weighted by Gasteiger charge is -2.30. The van der Waals surface area contributed by atoms with Gasteiger partial charge in [-0.25, -0.2) is 0 Å². The Kier molecular flexibility index (Phi) is 5.89. The SMILES string of the molecule is COc1ccc(-n2c(C)ccc2[C@H]2[C@H](c3ccccn3)NC(=S)N2c2cc(Cl)ccc2O)cc1. The van der Waals surface area contributed by atoms with Crippen molar-refractivity contribution >= 4 is 34.6 Å². The molecule has 4 aromatic rings. The van der Waals surface area contributed by atoms with Crippen molar-refractivity contribution in [2.45, 2.75) is 19.0 Å². The first kappa shape index (κ1) is 22.3. The fraction of sp³-hybridized carbons (Fsp3) is 0.154. The highest BCUT2D eigenvalue weighted by Crippen LogP contribution is 2.45. The Labute approximate surface area is 208 Å². The van der Waals surface area contributed by atoms with Crippen molar-refractivity contribution in [3.05, 3.63) is 101 Å². The van der Waals surface area contributed by atoms with Crippen LogP contribution in [0.3, 0.4) is 0 Å². The minimum absolute atomic E-state index is 0.0968. The molecule has 1 saturated heterocycles. The van der Waals surface area contributed by atoms with Gasteiger partial charge in [-0.3, -0.25) is 4.98 Å². The first-order valence-electron chi connectivity index (χ1n) is 10.8. The van der Waals surface area contributed by atoms with Crippen LogP contribution in [-0.2, 0) is 0 Å². The van der Waals surface area contributed by atoms with E-state index in [1.54, 1.807) is 31.5 Å². The molecule has 0 spiro atoms. The normalized spacial score (nSPS) is 17.6. The Morgan fingerprint density at radius 3 is 2.56 bits per heavy atom. The van der Waals surface area contributed by atoms with E-state index in [1.165, 1.54) is 0 Å². The second kappa shape index (κ2) is 9.00. The van der Waals surface area contributed by atoms with Crippen molar-refractivity contribution in [1.29, 1.82) is 0 Å². The van der Waals surface area contributed by atoms with Gasteiger partial charge in [0.05, 0.1) is 24.5 Å². The summed E-state index contributed by atoms with van der Waals surface area (Å²) in [6.45, 7) is 2.06. The van der Waals surface area contributed by atoms with Gasteiger partial charge in [0, 0.05) is 28.3 Å². The lowest BCUT2D eigenvalue weighted by molar-refractivity contribution is 0.414. The van der Waals surface area contributed by atoms with Gasteiger partial charge in [-0.1, -0.05) is 17.7 Å².